The first-order valence-corrected chi connectivity index (χ1v) is 9.49. The molecule has 140 valence electrons. The Morgan fingerprint density at radius 3 is 2.19 bits per heavy atom. The van der Waals surface area contributed by atoms with E-state index in [0.717, 1.165) is 17.7 Å². The maximum Gasteiger partial charge on any atom is 0.261 e. The Bertz CT molecular complexity index is 750. The number of amides is 1. The minimum atomic E-state index is -0.489. The second-order valence-electron chi connectivity index (χ2n) is 7.04. The molecular formula is C23H31NO2. The lowest BCUT2D eigenvalue weighted by Gasteiger charge is -2.22. The molecule has 0 fully saturated rings. The van der Waals surface area contributed by atoms with E-state index in [-0.39, 0.29) is 11.9 Å². The Morgan fingerprint density at radius 1 is 1.00 bits per heavy atom. The third-order valence-electron chi connectivity index (χ3n) is 4.98. The topological polar surface area (TPSA) is 38.3 Å². The number of aryl methyl sites for hydroxylation is 4. The van der Waals surface area contributed by atoms with Crippen LogP contribution in [-0.2, 0) is 11.2 Å². The van der Waals surface area contributed by atoms with Crippen molar-refractivity contribution >= 4 is 5.91 Å². The Kier molecular flexibility index (Phi) is 6.84. The first kappa shape index (κ1) is 20.0. The van der Waals surface area contributed by atoms with Crippen molar-refractivity contribution in [2.75, 3.05) is 0 Å². The molecule has 26 heavy (non-hydrogen) atoms. The van der Waals surface area contributed by atoms with E-state index in [1.54, 1.807) is 0 Å². The van der Waals surface area contributed by atoms with E-state index in [2.05, 4.69) is 45.1 Å². The fourth-order valence-corrected chi connectivity index (χ4v) is 3.12. The molecule has 0 saturated heterocycles. The van der Waals surface area contributed by atoms with Crippen LogP contribution in [-0.4, -0.2) is 12.0 Å². The zero-order valence-corrected chi connectivity index (χ0v) is 16.8. The van der Waals surface area contributed by atoms with E-state index in [9.17, 15) is 4.79 Å². The quantitative estimate of drug-likeness (QED) is 0.742. The largest absolute Gasteiger partial charge is 0.481 e. The van der Waals surface area contributed by atoms with Gasteiger partial charge in [0.25, 0.3) is 5.91 Å². The molecule has 1 amide bonds. The Labute approximate surface area is 157 Å². The number of nitrogens with one attached hydrogen (secondary N) is 1. The van der Waals surface area contributed by atoms with Crippen LogP contribution in [0.25, 0.3) is 0 Å². The third kappa shape index (κ3) is 4.87. The minimum absolute atomic E-state index is 0.0538. The standard InChI is InChI=1S/C23H31NO2/c1-7-19-9-11-20(12-10-19)26-22(8-2)23(25)24-18(6)21-14-16(4)15(3)13-17(21)5/h9-14,18,22H,7-8H2,1-6H3,(H,24,25)/t18-,22+/m1/s1. The highest BCUT2D eigenvalue weighted by Crippen LogP contribution is 2.22. The Morgan fingerprint density at radius 2 is 1.62 bits per heavy atom. The van der Waals surface area contributed by atoms with Gasteiger partial charge in [-0.15, -0.1) is 0 Å². The highest BCUT2D eigenvalue weighted by molar-refractivity contribution is 5.81. The van der Waals surface area contributed by atoms with Gasteiger partial charge in [0.2, 0.25) is 0 Å². The molecule has 0 heterocycles. The molecule has 0 spiro atoms. The van der Waals surface area contributed by atoms with Crippen molar-refractivity contribution in [2.45, 2.75) is 66.5 Å². The predicted octanol–water partition coefficient (Wildman–Crippen LogP) is 5.21. The molecule has 2 aromatic rings. The van der Waals surface area contributed by atoms with Crippen molar-refractivity contribution in [3.63, 3.8) is 0 Å². The highest BCUT2D eigenvalue weighted by atomic mass is 16.5. The summed E-state index contributed by atoms with van der Waals surface area (Å²) in [6.07, 6.45) is 1.13. The number of carbonyl (C=O) groups is 1. The average molecular weight is 354 g/mol. The number of benzene rings is 2. The fourth-order valence-electron chi connectivity index (χ4n) is 3.12. The van der Waals surface area contributed by atoms with Gasteiger partial charge >= 0.3 is 0 Å². The average Bonchev–Trinajstić information content (AvgIpc) is 2.62. The molecule has 0 aromatic heterocycles. The summed E-state index contributed by atoms with van der Waals surface area (Å²) >= 11 is 0. The van der Waals surface area contributed by atoms with Crippen molar-refractivity contribution in [3.8, 4) is 5.75 Å². The van der Waals surface area contributed by atoms with E-state index in [1.165, 1.54) is 22.3 Å². The smallest absolute Gasteiger partial charge is 0.261 e. The molecule has 0 aliphatic carbocycles. The Hall–Kier alpha value is -2.29. The summed E-state index contributed by atoms with van der Waals surface area (Å²) in [6, 6.07) is 12.2. The molecule has 0 aliphatic rings. The maximum atomic E-state index is 12.7. The number of rotatable bonds is 7. The van der Waals surface area contributed by atoms with Crippen molar-refractivity contribution < 1.29 is 9.53 Å². The van der Waals surface area contributed by atoms with E-state index in [1.807, 2.05) is 38.1 Å². The molecule has 0 radical (unpaired) electrons. The van der Waals surface area contributed by atoms with Gasteiger partial charge in [0.05, 0.1) is 6.04 Å². The molecule has 0 aliphatic heterocycles. The zero-order chi connectivity index (χ0) is 19.3. The normalized spacial score (nSPS) is 13.2. The van der Waals surface area contributed by atoms with Crippen molar-refractivity contribution in [1.82, 2.24) is 5.32 Å². The SMILES string of the molecule is CCc1ccc(O[C@@H](CC)C(=O)N[C@H](C)c2cc(C)c(C)cc2C)cc1. The molecule has 0 saturated carbocycles. The fraction of sp³-hybridized carbons (Fsp3) is 0.435. The van der Waals surface area contributed by atoms with E-state index < -0.39 is 6.10 Å². The summed E-state index contributed by atoms with van der Waals surface area (Å²) in [5.74, 6) is 0.663. The number of hydrogen-bond acceptors (Lipinski definition) is 2. The van der Waals surface area contributed by atoms with Gasteiger partial charge in [-0.3, -0.25) is 4.79 Å². The summed E-state index contributed by atoms with van der Waals surface area (Å²) in [4.78, 5) is 12.7. The highest BCUT2D eigenvalue weighted by Gasteiger charge is 2.21. The van der Waals surface area contributed by atoms with Crippen LogP contribution in [0, 0.1) is 20.8 Å². The Balaban J connectivity index is 2.07. The summed E-state index contributed by atoms with van der Waals surface area (Å²) in [7, 11) is 0. The van der Waals surface area contributed by atoms with Crippen LogP contribution in [0.15, 0.2) is 36.4 Å². The lowest BCUT2D eigenvalue weighted by Crippen LogP contribution is -2.39. The van der Waals surface area contributed by atoms with Gasteiger partial charge in [-0.05, 0) is 80.5 Å². The van der Waals surface area contributed by atoms with Gasteiger partial charge in [0.15, 0.2) is 6.10 Å². The molecule has 3 heteroatoms. The molecule has 3 nitrogen and oxygen atoms in total. The molecule has 1 N–H and O–H groups in total. The summed E-state index contributed by atoms with van der Waals surface area (Å²) < 4.78 is 5.92. The van der Waals surface area contributed by atoms with E-state index in [4.69, 9.17) is 4.74 Å². The van der Waals surface area contributed by atoms with Gasteiger partial charge in [-0.1, -0.05) is 38.1 Å². The first-order chi connectivity index (χ1) is 12.3. The number of ether oxygens (including phenoxy) is 1. The minimum Gasteiger partial charge on any atom is -0.481 e. The van der Waals surface area contributed by atoms with Crippen LogP contribution < -0.4 is 10.1 Å². The van der Waals surface area contributed by atoms with Gasteiger partial charge in [-0.2, -0.15) is 0 Å². The van der Waals surface area contributed by atoms with E-state index in [0.29, 0.717) is 6.42 Å². The monoisotopic (exact) mass is 353 g/mol. The van der Waals surface area contributed by atoms with Crippen molar-refractivity contribution in [3.05, 3.63) is 64.2 Å². The van der Waals surface area contributed by atoms with Gasteiger partial charge in [0, 0.05) is 0 Å². The van der Waals surface area contributed by atoms with E-state index >= 15 is 0 Å². The van der Waals surface area contributed by atoms with Crippen LogP contribution >= 0.6 is 0 Å². The summed E-state index contributed by atoms with van der Waals surface area (Å²) in [6.45, 7) is 12.4. The second kappa shape index (κ2) is 8.88. The van der Waals surface area contributed by atoms with Gasteiger partial charge < -0.3 is 10.1 Å². The van der Waals surface area contributed by atoms with Crippen molar-refractivity contribution in [2.24, 2.45) is 0 Å². The summed E-state index contributed by atoms with van der Waals surface area (Å²) in [5, 5.41) is 3.11. The zero-order valence-electron chi connectivity index (χ0n) is 16.8. The van der Waals surface area contributed by atoms with Gasteiger partial charge in [-0.25, -0.2) is 0 Å². The van der Waals surface area contributed by atoms with Crippen LogP contribution in [0.4, 0.5) is 0 Å². The van der Waals surface area contributed by atoms with Gasteiger partial charge in [0.1, 0.15) is 5.75 Å². The van der Waals surface area contributed by atoms with Crippen LogP contribution in [0.1, 0.15) is 61.1 Å². The molecule has 2 atom stereocenters. The molecular weight excluding hydrogens is 322 g/mol. The molecule has 0 unspecified atom stereocenters. The molecule has 2 aromatic carbocycles. The lowest BCUT2D eigenvalue weighted by atomic mass is 9.96. The summed E-state index contributed by atoms with van der Waals surface area (Å²) in [5.41, 5.74) is 6.13. The third-order valence-corrected chi connectivity index (χ3v) is 4.98. The van der Waals surface area contributed by atoms with Crippen LogP contribution in [0.3, 0.4) is 0 Å². The van der Waals surface area contributed by atoms with Crippen molar-refractivity contribution in [1.29, 1.82) is 0 Å². The molecule has 2 rings (SSSR count). The molecule has 0 bridgehead atoms. The second-order valence-corrected chi connectivity index (χ2v) is 7.04. The lowest BCUT2D eigenvalue weighted by molar-refractivity contribution is -0.128. The van der Waals surface area contributed by atoms with Crippen LogP contribution in [0.5, 0.6) is 5.75 Å². The predicted molar refractivity (Wildman–Crippen MR) is 108 cm³/mol. The number of carbonyl (C=O) groups excluding carboxylic acids is 1. The number of hydrogen-bond donors (Lipinski definition) is 1. The maximum absolute atomic E-state index is 12.7. The van der Waals surface area contributed by atoms with Crippen LogP contribution in [0.2, 0.25) is 0 Å². The first-order valence-electron chi connectivity index (χ1n) is 9.49.